The zero-order valence-electron chi connectivity index (χ0n) is 11.7. The van der Waals surface area contributed by atoms with E-state index >= 15 is 0 Å². The Labute approximate surface area is 127 Å². The van der Waals surface area contributed by atoms with E-state index in [4.69, 9.17) is 4.74 Å². The predicted molar refractivity (Wildman–Crippen MR) is 83.5 cm³/mol. The number of thiophene rings is 1. The molecule has 4 nitrogen and oxygen atoms in total. The van der Waals surface area contributed by atoms with Crippen LogP contribution in [0.5, 0.6) is 0 Å². The van der Waals surface area contributed by atoms with Crippen LogP contribution < -0.4 is 0 Å². The minimum Gasteiger partial charge on any atom is -0.465 e. The highest BCUT2D eigenvalue weighted by Gasteiger charge is 2.30. The lowest BCUT2D eigenvalue weighted by molar-refractivity contribution is 0.0606. The fourth-order valence-corrected chi connectivity index (χ4v) is 5.73. The van der Waals surface area contributed by atoms with Gasteiger partial charge in [0, 0.05) is 4.70 Å². The average molecular weight is 324 g/mol. The lowest BCUT2D eigenvalue weighted by atomic mass is 10.0. The van der Waals surface area contributed by atoms with Crippen LogP contribution in [0.15, 0.2) is 24.3 Å². The molecular formula is C15H16O4S2. The Morgan fingerprint density at radius 2 is 2.10 bits per heavy atom. The highest BCUT2D eigenvalue weighted by molar-refractivity contribution is 7.91. The third kappa shape index (κ3) is 2.70. The van der Waals surface area contributed by atoms with Gasteiger partial charge in [0.15, 0.2) is 9.84 Å². The number of rotatable bonds is 2. The van der Waals surface area contributed by atoms with Crippen LogP contribution in [0.2, 0.25) is 0 Å². The quantitative estimate of drug-likeness (QED) is 0.795. The van der Waals surface area contributed by atoms with Gasteiger partial charge in [-0.15, -0.1) is 11.3 Å². The van der Waals surface area contributed by atoms with Gasteiger partial charge in [-0.1, -0.05) is 12.5 Å². The number of ether oxygens (including phenoxy) is 1. The molecule has 0 saturated carbocycles. The molecule has 0 radical (unpaired) electrons. The second kappa shape index (κ2) is 5.42. The van der Waals surface area contributed by atoms with Crippen molar-refractivity contribution >= 4 is 37.2 Å². The summed E-state index contributed by atoms with van der Waals surface area (Å²) in [5.74, 6) is -0.0877. The van der Waals surface area contributed by atoms with Gasteiger partial charge in [-0.05, 0) is 42.0 Å². The Hall–Kier alpha value is -1.40. The van der Waals surface area contributed by atoms with E-state index in [2.05, 4.69) is 0 Å². The van der Waals surface area contributed by atoms with E-state index in [1.165, 1.54) is 18.4 Å². The number of carbonyl (C=O) groups is 1. The largest absolute Gasteiger partial charge is 0.465 e. The van der Waals surface area contributed by atoms with Crippen LogP contribution in [-0.2, 0) is 14.6 Å². The average Bonchev–Trinajstić information content (AvgIpc) is 2.89. The van der Waals surface area contributed by atoms with E-state index < -0.39 is 15.1 Å². The van der Waals surface area contributed by atoms with E-state index in [1.807, 2.05) is 18.2 Å². The summed E-state index contributed by atoms with van der Waals surface area (Å²) < 4.78 is 30.1. The van der Waals surface area contributed by atoms with Crippen LogP contribution in [0.4, 0.5) is 0 Å². The molecule has 2 aromatic rings. The monoisotopic (exact) mass is 324 g/mol. The summed E-state index contributed by atoms with van der Waals surface area (Å²) in [6.07, 6.45) is 2.38. The van der Waals surface area contributed by atoms with Crippen molar-refractivity contribution in [3.8, 4) is 0 Å². The third-order valence-electron chi connectivity index (χ3n) is 3.88. The van der Waals surface area contributed by atoms with E-state index in [0.717, 1.165) is 28.5 Å². The summed E-state index contributed by atoms with van der Waals surface area (Å²) in [5.41, 5.74) is 0.830. The highest BCUT2D eigenvalue weighted by atomic mass is 32.2. The van der Waals surface area contributed by atoms with Crippen LogP contribution in [0.25, 0.3) is 10.1 Å². The topological polar surface area (TPSA) is 60.4 Å². The molecule has 0 amide bonds. The standard InChI is InChI=1S/C15H16O4S2/c1-19-15(16)13-9-11-8-10(5-6-12(11)20-13)14-4-2-3-7-21(14,17)18/h5-6,8-9,14H,2-4,7H2,1H3. The number of fused-ring (bicyclic) bond motifs is 1. The fraction of sp³-hybridized carbons (Fsp3) is 0.400. The van der Waals surface area contributed by atoms with Gasteiger partial charge >= 0.3 is 5.97 Å². The summed E-state index contributed by atoms with van der Waals surface area (Å²) in [6, 6.07) is 7.43. The summed E-state index contributed by atoms with van der Waals surface area (Å²) in [5, 5.41) is 0.496. The Kier molecular flexibility index (Phi) is 3.75. The molecule has 0 N–H and O–H groups in total. The van der Waals surface area contributed by atoms with Crippen molar-refractivity contribution in [2.24, 2.45) is 0 Å². The first-order chi connectivity index (χ1) is 10.0. The molecule has 3 rings (SSSR count). The van der Waals surface area contributed by atoms with Crippen LogP contribution >= 0.6 is 11.3 Å². The maximum absolute atomic E-state index is 12.2. The van der Waals surface area contributed by atoms with E-state index in [-0.39, 0.29) is 11.7 Å². The Morgan fingerprint density at radius 1 is 1.29 bits per heavy atom. The number of esters is 1. The molecule has 112 valence electrons. The Bertz CT molecular complexity index is 789. The molecule has 6 heteroatoms. The molecule has 1 aliphatic heterocycles. The predicted octanol–water partition coefficient (Wildman–Crippen LogP) is 3.33. The van der Waals surface area contributed by atoms with Crippen molar-refractivity contribution in [1.29, 1.82) is 0 Å². The summed E-state index contributed by atoms with van der Waals surface area (Å²) in [7, 11) is -1.69. The first kappa shape index (κ1) is 14.5. The molecule has 1 fully saturated rings. The molecule has 1 unspecified atom stereocenters. The zero-order valence-corrected chi connectivity index (χ0v) is 13.3. The Balaban J connectivity index is 2.02. The summed E-state index contributed by atoms with van der Waals surface area (Å²) in [6.45, 7) is 0. The summed E-state index contributed by atoms with van der Waals surface area (Å²) in [4.78, 5) is 12.1. The third-order valence-corrected chi connectivity index (χ3v) is 7.21. The minimum absolute atomic E-state index is 0.271. The molecule has 1 aromatic carbocycles. The van der Waals surface area contributed by atoms with E-state index in [1.54, 1.807) is 6.07 Å². The normalized spacial score (nSPS) is 21.3. The van der Waals surface area contributed by atoms with Crippen molar-refractivity contribution in [3.63, 3.8) is 0 Å². The lowest BCUT2D eigenvalue weighted by Crippen LogP contribution is -2.21. The molecule has 21 heavy (non-hydrogen) atoms. The van der Waals surface area contributed by atoms with Crippen LogP contribution in [-0.4, -0.2) is 27.2 Å². The molecular weight excluding hydrogens is 308 g/mol. The molecule has 0 aliphatic carbocycles. The van der Waals surface area contributed by atoms with Gasteiger partial charge in [0.2, 0.25) is 0 Å². The van der Waals surface area contributed by atoms with Crippen molar-refractivity contribution < 1.29 is 17.9 Å². The maximum Gasteiger partial charge on any atom is 0.348 e. The maximum atomic E-state index is 12.2. The number of sulfone groups is 1. The number of carbonyl (C=O) groups excluding carboxylic acids is 1. The van der Waals surface area contributed by atoms with Crippen LogP contribution in [0.1, 0.15) is 39.7 Å². The van der Waals surface area contributed by atoms with E-state index in [9.17, 15) is 13.2 Å². The molecule has 0 spiro atoms. The van der Waals surface area contributed by atoms with E-state index in [0.29, 0.717) is 11.3 Å². The van der Waals surface area contributed by atoms with Gasteiger partial charge in [0.05, 0.1) is 18.1 Å². The lowest BCUT2D eigenvalue weighted by Gasteiger charge is -2.22. The van der Waals surface area contributed by atoms with Crippen molar-refractivity contribution in [3.05, 3.63) is 34.7 Å². The van der Waals surface area contributed by atoms with Crippen LogP contribution in [0, 0.1) is 0 Å². The molecule has 1 aromatic heterocycles. The number of benzene rings is 1. The molecule has 2 heterocycles. The van der Waals surface area contributed by atoms with Gasteiger partial charge in [-0.25, -0.2) is 13.2 Å². The number of hydrogen-bond donors (Lipinski definition) is 0. The van der Waals surface area contributed by atoms with Gasteiger partial charge in [-0.2, -0.15) is 0 Å². The Morgan fingerprint density at radius 3 is 2.81 bits per heavy atom. The van der Waals surface area contributed by atoms with Gasteiger partial charge in [0.1, 0.15) is 4.88 Å². The van der Waals surface area contributed by atoms with Crippen molar-refractivity contribution in [2.45, 2.75) is 24.5 Å². The summed E-state index contributed by atoms with van der Waals surface area (Å²) >= 11 is 1.36. The molecule has 0 bridgehead atoms. The van der Waals surface area contributed by atoms with Gasteiger partial charge < -0.3 is 4.74 Å². The second-order valence-corrected chi connectivity index (χ2v) is 8.64. The van der Waals surface area contributed by atoms with Crippen LogP contribution in [0.3, 0.4) is 0 Å². The zero-order chi connectivity index (χ0) is 15.0. The van der Waals surface area contributed by atoms with Gasteiger partial charge in [-0.3, -0.25) is 0 Å². The molecule has 1 saturated heterocycles. The van der Waals surface area contributed by atoms with Crippen molar-refractivity contribution in [2.75, 3.05) is 12.9 Å². The second-order valence-electron chi connectivity index (χ2n) is 5.25. The molecule has 1 aliphatic rings. The first-order valence-corrected chi connectivity index (χ1v) is 9.38. The molecule has 1 atom stereocenters. The number of methoxy groups -OCH3 is 1. The van der Waals surface area contributed by atoms with Gasteiger partial charge in [0.25, 0.3) is 0 Å². The van der Waals surface area contributed by atoms with Crippen molar-refractivity contribution in [1.82, 2.24) is 0 Å². The highest BCUT2D eigenvalue weighted by Crippen LogP contribution is 2.36. The SMILES string of the molecule is COC(=O)c1cc2cc(C3CCCCS3(=O)=O)ccc2s1. The number of hydrogen-bond acceptors (Lipinski definition) is 5. The smallest absolute Gasteiger partial charge is 0.348 e. The minimum atomic E-state index is -3.05. The fourth-order valence-electron chi connectivity index (χ4n) is 2.79. The first-order valence-electron chi connectivity index (χ1n) is 6.84.